The van der Waals surface area contributed by atoms with Gasteiger partial charge in [0, 0.05) is 37.9 Å². The largest absolute Gasteiger partial charge is 0.369 e. The number of hydrogen-bond acceptors (Lipinski definition) is 3. The first-order valence-electron chi connectivity index (χ1n) is 8.04. The van der Waals surface area contributed by atoms with Crippen molar-refractivity contribution in [3.63, 3.8) is 0 Å². The quantitative estimate of drug-likeness (QED) is 0.897. The predicted octanol–water partition coefficient (Wildman–Crippen LogP) is 2.34. The van der Waals surface area contributed by atoms with E-state index in [1.165, 1.54) is 29.7 Å². The summed E-state index contributed by atoms with van der Waals surface area (Å²) in [7, 11) is 2.21. The minimum atomic E-state index is 0.236. The molecule has 2 N–H and O–H groups in total. The van der Waals surface area contributed by atoms with Crippen molar-refractivity contribution < 1.29 is 0 Å². The van der Waals surface area contributed by atoms with Crippen molar-refractivity contribution in [1.29, 1.82) is 0 Å². The third-order valence-corrected chi connectivity index (χ3v) is 4.97. The third-order valence-electron chi connectivity index (χ3n) is 4.97. The Kier molecular flexibility index (Phi) is 3.99. The fraction of sp³-hybridized carbons (Fsp3) is 0.647. The first kappa shape index (κ1) is 13.9. The average Bonchev–Trinajstić information content (AvgIpc) is 2.47. The van der Waals surface area contributed by atoms with Crippen LogP contribution in [0, 0.1) is 0 Å². The number of aryl methyl sites for hydroxylation is 1. The van der Waals surface area contributed by atoms with Gasteiger partial charge in [-0.15, -0.1) is 0 Å². The van der Waals surface area contributed by atoms with Crippen molar-refractivity contribution in [2.75, 3.05) is 38.1 Å². The molecule has 20 heavy (non-hydrogen) atoms. The molecule has 3 heteroatoms. The summed E-state index contributed by atoms with van der Waals surface area (Å²) in [6, 6.07) is 4.90. The fourth-order valence-corrected chi connectivity index (χ4v) is 3.70. The van der Waals surface area contributed by atoms with Gasteiger partial charge >= 0.3 is 0 Å². The second-order valence-corrected chi connectivity index (χ2v) is 6.28. The van der Waals surface area contributed by atoms with Crippen LogP contribution in [0.15, 0.2) is 12.1 Å². The van der Waals surface area contributed by atoms with Gasteiger partial charge in [-0.3, -0.25) is 0 Å². The summed E-state index contributed by atoms with van der Waals surface area (Å²) in [6.45, 7) is 6.81. The molecule has 2 aliphatic rings. The number of piperazine rings is 1. The number of hydrogen-bond donors (Lipinski definition) is 1. The molecule has 0 radical (unpaired) electrons. The van der Waals surface area contributed by atoms with E-state index < -0.39 is 0 Å². The summed E-state index contributed by atoms with van der Waals surface area (Å²) in [5.74, 6) is 0. The molecule has 1 aromatic carbocycles. The normalized spacial score (nSPS) is 23.8. The Hall–Kier alpha value is -1.06. The first-order valence-corrected chi connectivity index (χ1v) is 8.04. The van der Waals surface area contributed by atoms with E-state index in [-0.39, 0.29) is 6.04 Å². The highest BCUT2D eigenvalue weighted by molar-refractivity contribution is 5.61. The van der Waals surface area contributed by atoms with E-state index in [4.69, 9.17) is 5.73 Å². The predicted molar refractivity (Wildman–Crippen MR) is 85.4 cm³/mol. The van der Waals surface area contributed by atoms with Gasteiger partial charge in [-0.1, -0.05) is 13.0 Å². The molecule has 1 heterocycles. The van der Waals surface area contributed by atoms with Crippen LogP contribution in [0.4, 0.5) is 5.69 Å². The molecule has 1 atom stereocenters. The van der Waals surface area contributed by atoms with Crippen molar-refractivity contribution >= 4 is 5.69 Å². The van der Waals surface area contributed by atoms with Gasteiger partial charge in [0.2, 0.25) is 0 Å². The van der Waals surface area contributed by atoms with Crippen LogP contribution in [0.2, 0.25) is 0 Å². The van der Waals surface area contributed by atoms with Gasteiger partial charge in [-0.2, -0.15) is 0 Å². The first-order chi connectivity index (χ1) is 9.70. The number of anilines is 1. The van der Waals surface area contributed by atoms with Gasteiger partial charge in [0.25, 0.3) is 0 Å². The average molecular weight is 273 g/mol. The van der Waals surface area contributed by atoms with E-state index in [1.807, 2.05) is 0 Å². The van der Waals surface area contributed by atoms with E-state index in [2.05, 4.69) is 35.9 Å². The summed E-state index contributed by atoms with van der Waals surface area (Å²) in [5, 5.41) is 0. The maximum absolute atomic E-state index is 6.47. The molecule has 1 saturated heterocycles. The molecule has 110 valence electrons. The molecule has 1 aromatic rings. The van der Waals surface area contributed by atoms with Crippen LogP contribution < -0.4 is 10.6 Å². The molecule has 1 aliphatic heterocycles. The fourth-order valence-electron chi connectivity index (χ4n) is 3.70. The summed E-state index contributed by atoms with van der Waals surface area (Å²) in [6.07, 6.45) is 4.72. The van der Waals surface area contributed by atoms with Crippen molar-refractivity contribution in [1.82, 2.24) is 4.90 Å². The lowest BCUT2D eigenvalue weighted by molar-refractivity contribution is 0.312. The zero-order valence-electron chi connectivity index (χ0n) is 12.9. The van der Waals surface area contributed by atoms with Gasteiger partial charge < -0.3 is 15.5 Å². The summed E-state index contributed by atoms with van der Waals surface area (Å²) >= 11 is 0. The van der Waals surface area contributed by atoms with Gasteiger partial charge in [0.1, 0.15) is 0 Å². The summed E-state index contributed by atoms with van der Waals surface area (Å²) < 4.78 is 0. The van der Waals surface area contributed by atoms with E-state index in [1.54, 1.807) is 5.56 Å². The SMILES string of the molecule is CCc1ccc(N2CCN(C)CC2)c2c1CCCC2N. The minimum Gasteiger partial charge on any atom is -0.369 e. The van der Waals surface area contributed by atoms with Gasteiger partial charge in [-0.25, -0.2) is 0 Å². The van der Waals surface area contributed by atoms with Crippen LogP contribution >= 0.6 is 0 Å². The highest BCUT2D eigenvalue weighted by Crippen LogP contribution is 2.38. The minimum absolute atomic E-state index is 0.236. The van der Waals surface area contributed by atoms with Gasteiger partial charge in [-0.05, 0) is 55.5 Å². The molecule has 0 bridgehead atoms. The third kappa shape index (κ3) is 2.45. The maximum atomic E-state index is 6.47. The van der Waals surface area contributed by atoms with Crippen molar-refractivity contribution in [2.45, 2.75) is 38.6 Å². The van der Waals surface area contributed by atoms with Crippen LogP contribution in [-0.4, -0.2) is 38.1 Å². The number of benzene rings is 1. The van der Waals surface area contributed by atoms with Crippen LogP contribution in [0.3, 0.4) is 0 Å². The molecule has 0 spiro atoms. The smallest absolute Gasteiger partial charge is 0.0418 e. The van der Waals surface area contributed by atoms with Crippen molar-refractivity contribution in [2.24, 2.45) is 5.73 Å². The standard InChI is InChI=1S/C17H27N3/c1-3-13-7-8-16(20-11-9-19(2)10-12-20)17-14(13)5-4-6-15(17)18/h7-8,15H,3-6,9-12,18H2,1-2H3. The van der Waals surface area contributed by atoms with Gasteiger partial charge in [0.15, 0.2) is 0 Å². The highest BCUT2D eigenvalue weighted by atomic mass is 15.2. The topological polar surface area (TPSA) is 32.5 Å². The second-order valence-electron chi connectivity index (χ2n) is 6.28. The number of nitrogens with zero attached hydrogens (tertiary/aromatic N) is 2. The van der Waals surface area contributed by atoms with Gasteiger partial charge in [0.05, 0.1) is 0 Å². The number of likely N-dealkylation sites (N-methyl/N-ethyl adjacent to an activating group) is 1. The Bertz CT molecular complexity index is 475. The Morgan fingerprint density at radius 1 is 1.20 bits per heavy atom. The Balaban J connectivity index is 1.99. The molecule has 0 amide bonds. The maximum Gasteiger partial charge on any atom is 0.0418 e. The van der Waals surface area contributed by atoms with Crippen molar-refractivity contribution in [3.8, 4) is 0 Å². The molecule has 0 saturated carbocycles. The molecular weight excluding hydrogens is 246 g/mol. The number of nitrogens with two attached hydrogens (primary N) is 1. The Morgan fingerprint density at radius 3 is 2.65 bits per heavy atom. The lowest BCUT2D eigenvalue weighted by atomic mass is 9.83. The highest BCUT2D eigenvalue weighted by Gasteiger charge is 2.26. The number of rotatable bonds is 2. The summed E-state index contributed by atoms with van der Waals surface area (Å²) in [4.78, 5) is 4.95. The number of fused-ring (bicyclic) bond motifs is 1. The second kappa shape index (κ2) is 5.74. The van der Waals surface area contributed by atoms with E-state index >= 15 is 0 Å². The molecule has 1 aliphatic carbocycles. The van der Waals surface area contributed by atoms with Crippen LogP contribution in [-0.2, 0) is 12.8 Å². The van der Waals surface area contributed by atoms with Crippen LogP contribution in [0.1, 0.15) is 42.5 Å². The molecule has 3 nitrogen and oxygen atoms in total. The van der Waals surface area contributed by atoms with E-state index in [0.717, 1.165) is 39.0 Å². The zero-order valence-corrected chi connectivity index (χ0v) is 12.9. The van der Waals surface area contributed by atoms with E-state index in [9.17, 15) is 0 Å². The van der Waals surface area contributed by atoms with E-state index in [0.29, 0.717) is 0 Å². The summed E-state index contributed by atoms with van der Waals surface area (Å²) in [5.41, 5.74) is 12.4. The molecule has 1 fully saturated rings. The van der Waals surface area contributed by atoms with Crippen LogP contribution in [0.25, 0.3) is 0 Å². The molecule has 0 aromatic heterocycles. The van der Waals surface area contributed by atoms with Crippen molar-refractivity contribution in [3.05, 3.63) is 28.8 Å². The monoisotopic (exact) mass is 273 g/mol. The Labute approximate surface area is 122 Å². The lowest BCUT2D eigenvalue weighted by Gasteiger charge is -2.38. The molecular formula is C17H27N3. The molecule has 3 rings (SSSR count). The zero-order chi connectivity index (χ0) is 14.1. The van der Waals surface area contributed by atoms with Crippen LogP contribution in [0.5, 0.6) is 0 Å². The molecule has 1 unspecified atom stereocenters. The lowest BCUT2D eigenvalue weighted by Crippen LogP contribution is -2.45. The Morgan fingerprint density at radius 2 is 1.95 bits per heavy atom.